The highest BCUT2D eigenvalue weighted by Crippen LogP contribution is 2.29. The summed E-state index contributed by atoms with van der Waals surface area (Å²) in [6.45, 7) is 0. The maximum absolute atomic E-state index is 12.4. The highest BCUT2D eigenvalue weighted by atomic mass is 35.5. The van der Waals surface area contributed by atoms with Crippen molar-refractivity contribution < 1.29 is 15.1 Å². The molecule has 7 heteroatoms. The second-order valence-electron chi connectivity index (χ2n) is 5.25. The summed E-state index contributed by atoms with van der Waals surface area (Å²) < 4.78 is 0. The van der Waals surface area contributed by atoms with Crippen molar-refractivity contribution in [3.63, 3.8) is 0 Å². The van der Waals surface area contributed by atoms with Crippen LogP contribution in [0.3, 0.4) is 0 Å². The number of amides is 1. The first-order valence-electron chi connectivity index (χ1n) is 6.77. The van der Waals surface area contributed by atoms with Crippen molar-refractivity contribution in [1.29, 1.82) is 0 Å². The fourth-order valence-electron chi connectivity index (χ4n) is 2.63. The molecule has 0 radical (unpaired) electrons. The zero-order chi connectivity index (χ0) is 15.5. The fraction of sp³-hybridized carbons (Fsp3) is 0.429. The van der Waals surface area contributed by atoms with E-state index in [1.54, 1.807) is 0 Å². The standard InChI is InChI=1S/C14H18ClN3O3/c15-10-8-9(4-5-11(10)19)12(20)17-14(13(16)18-21)6-2-1-3-7-14/h4-5,8,19,21H,1-3,6-7H2,(H2,16,18)(H,17,20). The molecule has 0 aliphatic heterocycles. The van der Waals surface area contributed by atoms with Gasteiger partial charge < -0.3 is 21.4 Å². The summed E-state index contributed by atoms with van der Waals surface area (Å²) >= 11 is 5.81. The summed E-state index contributed by atoms with van der Waals surface area (Å²) in [5, 5.41) is 24.4. The smallest absolute Gasteiger partial charge is 0.252 e. The summed E-state index contributed by atoms with van der Waals surface area (Å²) in [7, 11) is 0. The van der Waals surface area contributed by atoms with Crippen LogP contribution >= 0.6 is 11.6 Å². The third-order valence-electron chi connectivity index (χ3n) is 3.87. The van der Waals surface area contributed by atoms with Gasteiger partial charge in [0.05, 0.1) is 5.02 Å². The van der Waals surface area contributed by atoms with Gasteiger partial charge in [-0.15, -0.1) is 0 Å². The Hall–Kier alpha value is -1.95. The Labute approximate surface area is 127 Å². The van der Waals surface area contributed by atoms with Gasteiger partial charge in [-0.25, -0.2) is 0 Å². The molecule has 2 rings (SSSR count). The highest BCUT2D eigenvalue weighted by Gasteiger charge is 2.38. The normalized spacial score (nSPS) is 18.2. The SMILES string of the molecule is N/C(=N/O)C1(NC(=O)c2ccc(O)c(Cl)c2)CCCCC1. The number of halogens is 1. The van der Waals surface area contributed by atoms with Crippen molar-refractivity contribution in [2.24, 2.45) is 10.9 Å². The number of amidine groups is 1. The van der Waals surface area contributed by atoms with E-state index >= 15 is 0 Å². The molecule has 1 aromatic rings. The summed E-state index contributed by atoms with van der Waals surface area (Å²) in [5.74, 6) is -0.442. The van der Waals surface area contributed by atoms with Crippen LogP contribution in [-0.2, 0) is 0 Å². The van der Waals surface area contributed by atoms with Gasteiger partial charge in [-0.05, 0) is 31.0 Å². The molecule has 0 unspecified atom stereocenters. The third kappa shape index (κ3) is 3.21. The van der Waals surface area contributed by atoms with E-state index in [0.717, 1.165) is 19.3 Å². The molecule has 1 amide bonds. The van der Waals surface area contributed by atoms with Crippen LogP contribution in [0.5, 0.6) is 5.75 Å². The maximum atomic E-state index is 12.4. The minimum atomic E-state index is -0.825. The van der Waals surface area contributed by atoms with Crippen molar-refractivity contribution in [3.05, 3.63) is 28.8 Å². The Morgan fingerprint density at radius 2 is 2.00 bits per heavy atom. The topological polar surface area (TPSA) is 108 Å². The maximum Gasteiger partial charge on any atom is 0.252 e. The lowest BCUT2D eigenvalue weighted by Gasteiger charge is -2.36. The summed E-state index contributed by atoms with van der Waals surface area (Å²) in [6.07, 6.45) is 4.10. The molecule has 21 heavy (non-hydrogen) atoms. The van der Waals surface area contributed by atoms with Gasteiger partial charge in [-0.1, -0.05) is 36.0 Å². The van der Waals surface area contributed by atoms with Gasteiger partial charge in [-0.3, -0.25) is 4.79 Å². The molecule has 1 fully saturated rings. The highest BCUT2D eigenvalue weighted by molar-refractivity contribution is 6.32. The van der Waals surface area contributed by atoms with Crippen LogP contribution in [0.4, 0.5) is 0 Å². The average Bonchev–Trinajstić information content (AvgIpc) is 2.50. The Morgan fingerprint density at radius 1 is 1.33 bits per heavy atom. The number of phenols is 1. The van der Waals surface area contributed by atoms with Crippen LogP contribution < -0.4 is 11.1 Å². The molecule has 0 heterocycles. The number of aromatic hydroxyl groups is 1. The minimum Gasteiger partial charge on any atom is -0.506 e. The van der Waals surface area contributed by atoms with Crippen molar-refractivity contribution in [2.75, 3.05) is 0 Å². The van der Waals surface area contributed by atoms with Crippen LogP contribution in [0.2, 0.25) is 5.02 Å². The number of hydrogen-bond donors (Lipinski definition) is 4. The molecule has 1 saturated carbocycles. The molecular weight excluding hydrogens is 294 g/mol. The van der Waals surface area contributed by atoms with E-state index in [1.807, 2.05) is 0 Å². The Morgan fingerprint density at radius 3 is 2.57 bits per heavy atom. The Bertz CT molecular complexity index is 569. The molecule has 1 aliphatic rings. The van der Waals surface area contributed by atoms with E-state index in [-0.39, 0.29) is 22.5 Å². The first kappa shape index (κ1) is 15.4. The van der Waals surface area contributed by atoms with Gasteiger partial charge in [0.1, 0.15) is 11.3 Å². The Balaban J connectivity index is 2.23. The molecule has 0 spiro atoms. The molecule has 6 nitrogen and oxygen atoms in total. The number of benzene rings is 1. The van der Waals surface area contributed by atoms with Crippen LogP contribution in [0.1, 0.15) is 42.5 Å². The molecule has 114 valence electrons. The summed E-state index contributed by atoms with van der Waals surface area (Å²) in [4.78, 5) is 12.4. The predicted molar refractivity (Wildman–Crippen MR) is 79.8 cm³/mol. The number of carbonyl (C=O) groups is 1. The van der Waals surface area contributed by atoms with E-state index in [1.165, 1.54) is 18.2 Å². The lowest BCUT2D eigenvalue weighted by molar-refractivity contribution is 0.0905. The van der Waals surface area contributed by atoms with E-state index in [0.29, 0.717) is 18.4 Å². The number of hydrogen-bond acceptors (Lipinski definition) is 4. The number of nitrogens with two attached hydrogens (primary N) is 1. The molecular formula is C14H18ClN3O3. The van der Waals surface area contributed by atoms with Crippen molar-refractivity contribution in [3.8, 4) is 5.75 Å². The zero-order valence-electron chi connectivity index (χ0n) is 11.5. The van der Waals surface area contributed by atoms with Crippen molar-refractivity contribution >= 4 is 23.3 Å². The molecule has 0 atom stereocenters. The quantitative estimate of drug-likeness (QED) is 0.297. The minimum absolute atomic E-state index is 0.0143. The van der Waals surface area contributed by atoms with Crippen molar-refractivity contribution in [2.45, 2.75) is 37.6 Å². The molecule has 0 saturated heterocycles. The zero-order valence-corrected chi connectivity index (χ0v) is 12.2. The van der Waals surface area contributed by atoms with Gasteiger partial charge in [-0.2, -0.15) is 0 Å². The fourth-order valence-corrected chi connectivity index (χ4v) is 2.81. The lowest BCUT2D eigenvalue weighted by Crippen LogP contribution is -2.58. The van der Waals surface area contributed by atoms with Crippen LogP contribution in [0.15, 0.2) is 23.4 Å². The lowest BCUT2D eigenvalue weighted by atomic mass is 9.80. The number of nitrogens with zero attached hydrogens (tertiary/aromatic N) is 1. The first-order chi connectivity index (χ1) is 9.98. The Kier molecular flexibility index (Phi) is 4.57. The number of oxime groups is 1. The summed E-state index contributed by atoms with van der Waals surface area (Å²) in [5.41, 5.74) is 5.27. The number of carbonyl (C=O) groups excluding carboxylic acids is 1. The van der Waals surface area contributed by atoms with Crippen LogP contribution in [-0.4, -0.2) is 27.6 Å². The van der Waals surface area contributed by atoms with E-state index in [4.69, 9.17) is 22.5 Å². The summed E-state index contributed by atoms with van der Waals surface area (Å²) in [6, 6.07) is 4.21. The van der Waals surface area contributed by atoms with E-state index in [2.05, 4.69) is 10.5 Å². The monoisotopic (exact) mass is 311 g/mol. The van der Waals surface area contributed by atoms with Gasteiger partial charge in [0.15, 0.2) is 5.84 Å². The first-order valence-corrected chi connectivity index (χ1v) is 7.15. The molecule has 1 aromatic carbocycles. The van der Waals surface area contributed by atoms with Crippen molar-refractivity contribution in [1.82, 2.24) is 5.32 Å². The number of rotatable bonds is 3. The van der Waals surface area contributed by atoms with E-state index < -0.39 is 5.54 Å². The number of nitrogens with one attached hydrogen (secondary N) is 1. The molecule has 0 bridgehead atoms. The van der Waals surface area contributed by atoms with Gasteiger partial charge in [0.2, 0.25) is 0 Å². The second-order valence-corrected chi connectivity index (χ2v) is 5.66. The van der Waals surface area contributed by atoms with Gasteiger partial charge in [0.25, 0.3) is 5.91 Å². The average molecular weight is 312 g/mol. The third-order valence-corrected chi connectivity index (χ3v) is 4.17. The largest absolute Gasteiger partial charge is 0.506 e. The van der Waals surface area contributed by atoms with Crippen LogP contribution in [0, 0.1) is 0 Å². The second kappa shape index (κ2) is 6.22. The van der Waals surface area contributed by atoms with Gasteiger partial charge >= 0.3 is 0 Å². The van der Waals surface area contributed by atoms with Gasteiger partial charge in [0, 0.05) is 5.56 Å². The van der Waals surface area contributed by atoms with E-state index in [9.17, 15) is 9.90 Å². The number of phenolic OH excluding ortho intramolecular Hbond substituents is 1. The molecule has 0 aromatic heterocycles. The molecule has 5 N–H and O–H groups in total. The predicted octanol–water partition coefficient (Wildman–Crippen LogP) is 2.22. The van der Waals surface area contributed by atoms with Crippen LogP contribution in [0.25, 0.3) is 0 Å². The molecule has 1 aliphatic carbocycles.